The largest absolute Gasteiger partial charge is 0.496 e. The number of methoxy groups -OCH3 is 1. The van der Waals surface area contributed by atoms with Gasteiger partial charge in [-0.2, -0.15) is 0 Å². The third-order valence-corrected chi connectivity index (χ3v) is 5.10. The zero-order chi connectivity index (χ0) is 15.5. The van der Waals surface area contributed by atoms with Gasteiger partial charge in [0.1, 0.15) is 5.75 Å². The van der Waals surface area contributed by atoms with Crippen molar-refractivity contribution >= 4 is 5.91 Å². The molecule has 1 aliphatic heterocycles. The van der Waals surface area contributed by atoms with E-state index in [0.29, 0.717) is 6.04 Å². The van der Waals surface area contributed by atoms with Crippen molar-refractivity contribution in [2.75, 3.05) is 13.7 Å². The van der Waals surface area contributed by atoms with Crippen LogP contribution in [0.1, 0.15) is 43.7 Å². The minimum atomic E-state index is -0.0695. The topological polar surface area (TPSA) is 41.6 Å². The van der Waals surface area contributed by atoms with Gasteiger partial charge < -0.3 is 10.1 Å². The molecule has 1 atom stereocenters. The molecule has 1 fully saturated rings. The molecule has 1 aromatic carbocycles. The number of benzene rings is 1. The second-order valence-corrected chi connectivity index (χ2v) is 6.48. The number of rotatable bonds is 4. The highest BCUT2D eigenvalue weighted by atomic mass is 16.5. The number of nitrogens with one attached hydrogen (secondary N) is 1. The smallest absolute Gasteiger partial charge is 0.237 e. The lowest BCUT2D eigenvalue weighted by atomic mass is 9.97. The molecule has 1 N–H and O–H groups in total. The van der Waals surface area contributed by atoms with E-state index in [9.17, 15) is 4.79 Å². The molecule has 2 aliphatic rings. The summed E-state index contributed by atoms with van der Waals surface area (Å²) in [5.74, 6) is 1.15. The van der Waals surface area contributed by atoms with Gasteiger partial charge in [-0.3, -0.25) is 9.69 Å². The highest BCUT2D eigenvalue weighted by molar-refractivity contribution is 5.81. The summed E-state index contributed by atoms with van der Waals surface area (Å²) >= 11 is 0. The number of ether oxygens (including phenoxy) is 1. The van der Waals surface area contributed by atoms with Gasteiger partial charge in [-0.1, -0.05) is 25.0 Å². The summed E-state index contributed by atoms with van der Waals surface area (Å²) in [7, 11) is 1.72. The number of fused-ring (bicyclic) bond motifs is 1. The van der Waals surface area contributed by atoms with E-state index in [1.165, 1.54) is 24.0 Å². The van der Waals surface area contributed by atoms with Gasteiger partial charge in [0.15, 0.2) is 0 Å². The van der Waals surface area contributed by atoms with Gasteiger partial charge in [-0.25, -0.2) is 0 Å². The third-order valence-electron chi connectivity index (χ3n) is 5.10. The number of nitrogens with zero attached hydrogens (tertiary/aromatic N) is 1. The first-order chi connectivity index (χ1) is 10.7. The fourth-order valence-electron chi connectivity index (χ4n) is 3.68. The van der Waals surface area contributed by atoms with Crippen molar-refractivity contribution < 1.29 is 9.53 Å². The fraction of sp³-hybridized carbons (Fsp3) is 0.611. The van der Waals surface area contributed by atoms with Crippen LogP contribution in [0.15, 0.2) is 18.2 Å². The van der Waals surface area contributed by atoms with E-state index >= 15 is 0 Å². The molecule has 22 heavy (non-hydrogen) atoms. The maximum Gasteiger partial charge on any atom is 0.237 e. The molecule has 1 aliphatic carbocycles. The maximum absolute atomic E-state index is 12.5. The van der Waals surface area contributed by atoms with E-state index in [1.807, 2.05) is 19.1 Å². The lowest BCUT2D eigenvalue weighted by Crippen LogP contribution is -2.49. The van der Waals surface area contributed by atoms with Crippen molar-refractivity contribution in [3.05, 3.63) is 29.3 Å². The predicted molar refractivity (Wildman–Crippen MR) is 87.0 cm³/mol. The summed E-state index contributed by atoms with van der Waals surface area (Å²) in [6, 6.07) is 6.52. The molecule has 1 saturated carbocycles. The van der Waals surface area contributed by atoms with Crippen molar-refractivity contribution in [1.29, 1.82) is 0 Å². The Morgan fingerprint density at radius 2 is 2.14 bits per heavy atom. The van der Waals surface area contributed by atoms with Gasteiger partial charge >= 0.3 is 0 Å². The lowest BCUT2D eigenvalue weighted by molar-refractivity contribution is -0.126. The van der Waals surface area contributed by atoms with Crippen molar-refractivity contribution in [3.63, 3.8) is 0 Å². The van der Waals surface area contributed by atoms with Crippen LogP contribution in [0.2, 0.25) is 0 Å². The number of carbonyl (C=O) groups is 1. The summed E-state index contributed by atoms with van der Waals surface area (Å²) in [5.41, 5.74) is 2.58. The van der Waals surface area contributed by atoms with Crippen molar-refractivity contribution in [2.24, 2.45) is 0 Å². The standard InChI is InChI=1S/C18H26N2O2/c1-13(18(21)19-15-7-3-4-8-15)20-11-10-16-14(12-20)6-5-9-17(16)22-2/h5-6,9,13,15H,3-4,7-8,10-12H2,1-2H3,(H,19,21). The van der Waals surface area contributed by atoms with Crippen LogP contribution in [-0.2, 0) is 17.8 Å². The predicted octanol–water partition coefficient (Wildman–Crippen LogP) is 2.50. The molecule has 4 heteroatoms. The first-order valence-electron chi connectivity index (χ1n) is 8.38. The van der Waals surface area contributed by atoms with Crippen molar-refractivity contribution in [3.8, 4) is 5.75 Å². The van der Waals surface area contributed by atoms with Gasteiger partial charge in [0, 0.05) is 19.1 Å². The van der Waals surface area contributed by atoms with Crippen molar-refractivity contribution in [1.82, 2.24) is 10.2 Å². The molecule has 0 aromatic heterocycles. The molecule has 1 aromatic rings. The van der Waals surface area contributed by atoms with Crippen LogP contribution in [0.5, 0.6) is 5.75 Å². The molecule has 1 unspecified atom stereocenters. The Labute approximate surface area is 132 Å². The van der Waals surface area contributed by atoms with Crippen LogP contribution < -0.4 is 10.1 Å². The molecule has 4 nitrogen and oxygen atoms in total. The van der Waals surface area contributed by atoms with Gasteiger partial charge in [-0.05, 0) is 43.4 Å². The molecule has 1 amide bonds. The third kappa shape index (κ3) is 3.12. The Hall–Kier alpha value is -1.55. The van der Waals surface area contributed by atoms with Gasteiger partial charge in [-0.15, -0.1) is 0 Å². The lowest BCUT2D eigenvalue weighted by Gasteiger charge is -2.34. The molecule has 0 saturated heterocycles. The summed E-state index contributed by atoms with van der Waals surface area (Å²) in [4.78, 5) is 14.7. The summed E-state index contributed by atoms with van der Waals surface area (Å²) in [5, 5.41) is 3.22. The van der Waals surface area contributed by atoms with Crippen LogP contribution in [0, 0.1) is 0 Å². The number of hydrogen-bond acceptors (Lipinski definition) is 3. The zero-order valence-corrected chi connectivity index (χ0v) is 13.6. The van der Waals surface area contributed by atoms with E-state index in [2.05, 4.69) is 16.3 Å². The van der Waals surface area contributed by atoms with E-state index in [1.54, 1.807) is 7.11 Å². The van der Waals surface area contributed by atoms with E-state index in [0.717, 1.165) is 38.1 Å². The Morgan fingerprint density at radius 1 is 1.36 bits per heavy atom. The van der Waals surface area contributed by atoms with Crippen LogP contribution in [0.3, 0.4) is 0 Å². The van der Waals surface area contributed by atoms with Gasteiger partial charge in [0.2, 0.25) is 5.91 Å². The maximum atomic E-state index is 12.5. The molecule has 0 spiro atoms. The van der Waals surface area contributed by atoms with E-state index in [4.69, 9.17) is 4.74 Å². The molecular weight excluding hydrogens is 276 g/mol. The molecular formula is C18H26N2O2. The SMILES string of the molecule is COc1cccc2c1CCN(C(C)C(=O)NC1CCCC1)C2. The Bertz CT molecular complexity index is 538. The number of amides is 1. The van der Waals surface area contributed by atoms with E-state index < -0.39 is 0 Å². The zero-order valence-electron chi connectivity index (χ0n) is 13.6. The second-order valence-electron chi connectivity index (χ2n) is 6.48. The fourth-order valence-corrected chi connectivity index (χ4v) is 3.68. The first-order valence-corrected chi connectivity index (χ1v) is 8.38. The van der Waals surface area contributed by atoms with E-state index in [-0.39, 0.29) is 11.9 Å². The summed E-state index contributed by atoms with van der Waals surface area (Å²) in [6.07, 6.45) is 5.71. The molecule has 0 radical (unpaired) electrons. The Kier molecular flexibility index (Phi) is 4.67. The van der Waals surface area contributed by atoms with Crippen LogP contribution in [0.25, 0.3) is 0 Å². The normalized spacial score (nSPS) is 20.5. The van der Waals surface area contributed by atoms with Crippen LogP contribution >= 0.6 is 0 Å². The molecule has 1 heterocycles. The van der Waals surface area contributed by atoms with Gasteiger partial charge in [0.05, 0.1) is 13.2 Å². The monoisotopic (exact) mass is 302 g/mol. The summed E-state index contributed by atoms with van der Waals surface area (Å²) < 4.78 is 5.45. The van der Waals surface area contributed by atoms with Gasteiger partial charge in [0.25, 0.3) is 0 Å². The highest BCUT2D eigenvalue weighted by Gasteiger charge is 2.28. The first kappa shape index (κ1) is 15.3. The summed E-state index contributed by atoms with van der Waals surface area (Å²) in [6.45, 7) is 3.76. The van der Waals surface area contributed by atoms with Crippen LogP contribution in [-0.4, -0.2) is 36.5 Å². The average molecular weight is 302 g/mol. The Balaban J connectivity index is 1.64. The minimum Gasteiger partial charge on any atom is -0.496 e. The highest BCUT2D eigenvalue weighted by Crippen LogP contribution is 2.28. The second kappa shape index (κ2) is 6.69. The Morgan fingerprint density at radius 3 is 2.86 bits per heavy atom. The number of carbonyl (C=O) groups excluding carboxylic acids is 1. The quantitative estimate of drug-likeness (QED) is 0.929. The average Bonchev–Trinajstić information content (AvgIpc) is 3.05. The van der Waals surface area contributed by atoms with Crippen LogP contribution in [0.4, 0.5) is 0 Å². The molecule has 3 rings (SSSR count). The van der Waals surface area contributed by atoms with Crippen molar-refractivity contribution in [2.45, 2.75) is 57.7 Å². The molecule has 120 valence electrons. The number of hydrogen-bond donors (Lipinski definition) is 1. The minimum absolute atomic E-state index is 0.0695. The molecule has 0 bridgehead atoms.